The van der Waals surface area contributed by atoms with E-state index in [1.54, 1.807) is 0 Å². The summed E-state index contributed by atoms with van der Waals surface area (Å²) in [5, 5.41) is 8.81. The van der Waals surface area contributed by atoms with Crippen LogP contribution in [0.2, 0.25) is 0 Å². The summed E-state index contributed by atoms with van der Waals surface area (Å²) in [6.45, 7) is 0.0929. The smallest absolute Gasteiger partial charge is 0.319 e. The molecule has 0 aromatic heterocycles. The van der Waals surface area contributed by atoms with E-state index < -0.39 is 11.1 Å². The van der Waals surface area contributed by atoms with Crippen molar-refractivity contribution in [3.8, 4) is 0 Å². The zero-order valence-corrected chi connectivity index (χ0v) is 8.33. The summed E-state index contributed by atoms with van der Waals surface area (Å²) in [5.41, 5.74) is 4.96. The quantitative estimate of drug-likeness (QED) is 0.282. The summed E-state index contributed by atoms with van der Waals surface area (Å²) < 4.78 is 4.61. The molecule has 0 rings (SSSR count). The summed E-state index contributed by atoms with van der Waals surface area (Å²) >= 11 is 0. The molecule has 2 N–H and O–H groups in total. The lowest BCUT2D eigenvalue weighted by Gasteiger charge is -2.01. The second-order valence-corrected chi connectivity index (χ2v) is 2.19. The largest absolute Gasteiger partial charge is 0.465 e. The molecule has 0 atom stereocenters. The van der Waals surface area contributed by atoms with Gasteiger partial charge in [0.25, 0.3) is 5.09 Å². The first-order valence-corrected chi connectivity index (χ1v) is 3.80. The van der Waals surface area contributed by atoms with Gasteiger partial charge in [0.15, 0.2) is 0 Å². The van der Waals surface area contributed by atoms with Crippen molar-refractivity contribution in [2.24, 2.45) is 5.73 Å². The fourth-order valence-corrected chi connectivity index (χ4v) is 0.588. The van der Waals surface area contributed by atoms with Gasteiger partial charge in [-0.25, -0.2) is 0 Å². The van der Waals surface area contributed by atoms with Crippen molar-refractivity contribution in [3.05, 3.63) is 10.1 Å². The van der Waals surface area contributed by atoms with Gasteiger partial charge in [-0.05, 0) is 12.8 Å². The molecule has 84 valence electrons. The molecule has 0 bridgehead atoms. The van der Waals surface area contributed by atoms with E-state index >= 15 is 0 Å². The van der Waals surface area contributed by atoms with Gasteiger partial charge in [0, 0.05) is 0 Å². The topological polar surface area (TPSA) is 105 Å². The van der Waals surface area contributed by atoms with Crippen LogP contribution in [-0.2, 0) is 14.4 Å². The molecule has 14 heavy (non-hydrogen) atoms. The van der Waals surface area contributed by atoms with Crippen LogP contribution < -0.4 is 5.73 Å². The highest BCUT2D eigenvalue weighted by Gasteiger charge is 1.98. The number of unbranched alkanes of at least 4 members (excludes halogenated alkanes) is 1. The van der Waals surface area contributed by atoms with E-state index in [1.807, 2.05) is 0 Å². The zero-order chi connectivity index (χ0) is 10.1. The lowest BCUT2D eigenvalue weighted by molar-refractivity contribution is -0.757. The van der Waals surface area contributed by atoms with Gasteiger partial charge in [0.1, 0.15) is 0 Å². The van der Waals surface area contributed by atoms with Crippen molar-refractivity contribution in [3.63, 3.8) is 0 Å². The van der Waals surface area contributed by atoms with Crippen LogP contribution in [0.15, 0.2) is 0 Å². The molecule has 0 saturated heterocycles. The highest BCUT2D eigenvalue weighted by Crippen LogP contribution is 1.91. The summed E-state index contributed by atoms with van der Waals surface area (Å²) in [4.78, 5) is 24.2. The molecule has 0 aliphatic rings. The van der Waals surface area contributed by atoms with Gasteiger partial charge in [-0.1, -0.05) is 0 Å². The molecule has 0 aliphatic heterocycles. The van der Waals surface area contributed by atoms with Gasteiger partial charge in [-0.15, -0.1) is 22.5 Å². The summed E-state index contributed by atoms with van der Waals surface area (Å²) in [6, 6.07) is 0. The van der Waals surface area contributed by atoms with Crippen LogP contribution in [0.3, 0.4) is 0 Å². The highest BCUT2D eigenvalue weighted by molar-refractivity contribution is 5.85. The fraction of sp³-hybridized carbons (Fsp3) is 0.833. The number of esters is 1. The number of nitrogens with two attached hydrogens (primary N) is 1. The van der Waals surface area contributed by atoms with Crippen molar-refractivity contribution >= 4 is 18.4 Å². The van der Waals surface area contributed by atoms with E-state index in [0.717, 1.165) is 0 Å². The molecule has 0 unspecified atom stereocenters. The third kappa shape index (κ3) is 10.9. The Morgan fingerprint density at radius 3 is 2.43 bits per heavy atom. The first kappa shape index (κ1) is 15.4. The van der Waals surface area contributed by atoms with E-state index in [1.165, 1.54) is 0 Å². The van der Waals surface area contributed by atoms with Gasteiger partial charge in [0.2, 0.25) is 0 Å². The van der Waals surface area contributed by atoms with Crippen LogP contribution in [0.1, 0.15) is 12.8 Å². The average Bonchev–Trinajstić information content (AvgIpc) is 2.10. The monoisotopic (exact) mass is 228 g/mol. The van der Waals surface area contributed by atoms with E-state index in [9.17, 15) is 14.9 Å². The first-order chi connectivity index (χ1) is 6.16. The predicted molar refractivity (Wildman–Crippen MR) is 49.4 cm³/mol. The first-order valence-electron chi connectivity index (χ1n) is 3.80. The van der Waals surface area contributed by atoms with E-state index in [4.69, 9.17) is 5.73 Å². The minimum Gasteiger partial charge on any atom is -0.465 e. The average molecular weight is 229 g/mol. The second kappa shape index (κ2) is 10.0. The molecule has 7 nitrogen and oxygen atoms in total. The number of ether oxygens (including phenoxy) is 1. The second-order valence-electron chi connectivity index (χ2n) is 2.19. The van der Waals surface area contributed by atoms with E-state index in [0.29, 0.717) is 12.8 Å². The summed E-state index contributed by atoms with van der Waals surface area (Å²) in [6.07, 6.45) is 0.998. The minimum absolute atomic E-state index is 0. The SMILES string of the molecule is Cl.NCC(=O)OCCCCO[N+](=O)[O-]. The number of hydrogen-bond acceptors (Lipinski definition) is 6. The Bertz CT molecular complexity index is 178. The summed E-state index contributed by atoms with van der Waals surface area (Å²) in [5.74, 6) is -0.477. The molecule has 0 aromatic rings. The number of halogens is 1. The van der Waals surface area contributed by atoms with Crippen LogP contribution in [0.25, 0.3) is 0 Å². The molecule has 0 spiro atoms. The third-order valence-corrected chi connectivity index (χ3v) is 1.17. The molecule has 8 heteroatoms. The van der Waals surface area contributed by atoms with Crippen LogP contribution >= 0.6 is 12.4 Å². The summed E-state index contributed by atoms with van der Waals surface area (Å²) in [7, 11) is 0. The van der Waals surface area contributed by atoms with Gasteiger partial charge in [0.05, 0.1) is 19.8 Å². The normalized spacial score (nSPS) is 8.64. The van der Waals surface area contributed by atoms with Crippen LogP contribution in [0, 0.1) is 10.1 Å². The zero-order valence-electron chi connectivity index (χ0n) is 7.51. The molecule has 0 saturated carbocycles. The van der Waals surface area contributed by atoms with Crippen molar-refractivity contribution in [1.29, 1.82) is 0 Å². The fourth-order valence-electron chi connectivity index (χ4n) is 0.588. The lowest BCUT2D eigenvalue weighted by Crippen LogP contribution is -2.17. The number of hydrogen-bond donors (Lipinski definition) is 1. The van der Waals surface area contributed by atoms with E-state index in [-0.39, 0.29) is 32.2 Å². The molecular weight excluding hydrogens is 216 g/mol. The maximum atomic E-state index is 10.5. The van der Waals surface area contributed by atoms with Crippen LogP contribution in [-0.4, -0.2) is 30.8 Å². The number of nitrogens with zero attached hydrogens (tertiary/aromatic N) is 1. The number of rotatable bonds is 7. The molecule has 0 aromatic carbocycles. The Labute approximate surface area is 87.1 Å². The number of carbonyl (C=O) groups excluding carboxylic acids is 1. The highest BCUT2D eigenvalue weighted by atomic mass is 35.5. The maximum absolute atomic E-state index is 10.5. The molecular formula is C6H13ClN2O5. The molecule has 0 radical (unpaired) electrons. The molecule has 0 aliphatic carbocycles. The van der Waals surface area contributed by atoms with Crippen molar-refractivity contribution in [2.45, 2.75) is 12.8 Å². The Morgan fingerprint density at radius 1 is 1.36 bits per heavy atom. The van der Waals surface area contributed by atoms with Crippen molar-refractivity contribution < 1.29 is 19.5 Å². The van der Waals surface area contributed by atoms with Gasteiger partial charge < -0.3 is 15.3 Å². The standard InChI is InChI=1S/C6H12N2O5.ClH/c7-5-6(9)12-3-1-2-4-13-8(10)11;/h1-5,7H2;1H. The maximum Gasteiger partial charge on any atom is 0.319 e. The van der Waals surface area contributed by atoms with Crippen LogP contribution in [0.5, 0.6) is 0 Å². The van der Waals surface area contributed by atoms with Gasteiger partial charge in [-0.3, -0.25) is 4.79 Å². The van der Waals surface area contributed by atoms with Gasteiger partial charge >= 0.3 is 5.97 Å². The minimum atomic E-state index is -0.855. The van der Waals surface area contributed by atoms with Gasteiger partial charge in [-0.2, -0.15) is 0 Å². The molecule has 0 amide bonds. The van der Waals surface area contributed by atoms with Crippen LogP contribution in [0.4, 0.5) is 0 Å². The Morgan fingerprint density at radius 2 is 1.93 bits per heavy atom. The lowest BCUT2D eigenvalue weighted by atomic mass is 10.3. The van der Waals surface area contributed by atoms with Crippen molar-refractivity contribution in [2.75, 3.05) is 19.8 Å². The van der Waals surface area contributed by atoms with E-state index in [2.05, 4.69) is 9.57 Å². The van der Waals surface area contributed by atoms with Crippen molar-refractivity contribution in [1.82, 2.24) is 0 Å². The third-order valence-electron chi connectivity index (χ3n) is 1.17. The molecule has 0 fully saturated rings. The Kier molecular flexibility index (Phi) is 11.0. The molecule has 0 heterocycles. The predicted octanol–water partition coefficient (Wildman–Crippen LogP) is -0.101. The Hall–Kier alpha value is -1.08. The Balaban J connectivity index is 0. The number of carbonyl (C=O) groups is 1.